The summed E-state index contributed by atoms with van der Waals surface area (Å²) in [5, 5.41) is 4.49. The van der Waals surface area contributed by atoms with Crippen LogP contribution in [0.4, 0.5) is 0 Å². The van der Waals surface area contributed by atoms with Crippen molar-refractivity contribution in [1.29, 1.82) is 0 Å². The first-order valence-electron chi connectivity index (χ1n) is 14.5. The number of aryl methyl sites for hydroxylation is 1. The molecule has 1 aliphatic heterocycles. The van der Waals surface area contributed by atoms with Crippen LogP contribution in [0, 0.1) is 0 Å². The van der Waals surface area contributed by atoms with Crippen molar-refractivity contribution in [3.8, 4) is 0 Å². The number of likely N-dealkylation sites (tertiary alicyclic amines) is 1. The van der Waals surface area contributed by atoms with Crippen molar-refractivity contribution in [3.05, 3.63) is 107 Å². The Labute approximate surface area is 233 Å². The normalized spacial score (nSPS) is 14.4. The van der Waals surface area contributed by atoms with Crippen LogP contribution in [0.1, 0.15) is 58.8 Å². The van der Waals surface area contributed by atoms with Crippen molar-refractivity contribution in [2.24, 2.45) is 0 Å². The minimum absolute atomic E-state index is 0.0277. The molecule has 4 aromatic rings. The van der Waals surface area contributed by atoms with Gasteiger partial charge in [-0.25, -0.2) is 0 Å². The van der Waals surface area contributed by atoms with Crippen molar-refractivity contribution < 1.29 is 4.79 Å². The highest BCUT2D eigenvalue weighted by Crippen LogP contribution is 2.40. The van der Waals surface area contributed by atoms with Crippen LogP contribution in [0.2, 0.25) is 0 Å². The third-order valence-corrected chi connectivity index (χ3v) is 7.93. The van der Waals surface area contributed by atoms with E-state index in [4.69, 9.17) is 0 Å². The van der Waals surface area contributed by atoms with Crippen LogP contribution in [-0.2, 0) is 6.54 Å². The predicted molar refractivity (Wildman–Crippen MR) is 162 cm³/mol. The third kappa shape index (κ3) is 6.43. The molecule has 1 saturated heterocycles. The van der Waals surface area contributed by atoms with Crippen LogP contribution in [0.3, 0.4) is 0 Å². The summed E-state index contributed by atoms with van der Waals surface area (Å²) in [4.78, 5) is 18.9. The highest BCUT2D eigenvalue weighted by Gasteiger charge is 2.30. The molecule has 3 aromatic carbocycles. The van der Waals surface area contributed by atoms with Crippen LogP contribution >= 0.6 is 0 Å². The average Bonchev–Trinajstić information content (AvgIpc) is 3.29. The average molecular weight is 523 g/mol. The summed E-state index contributed by atoms with van der Waals surface area (Å²) < 4.78 is 2.28. The van der Waals surface area contributed by atoms with Gasteiger partial charge < -0.3 is 19.7 Å². The summed E-state index contributed by atoms with van der Waals surface area (Å²) in [6.45, 7) is 5.61. The summed E-state index contributed by atoms with van der Waals surface area (Å²) >= 11 is 0. The van der Waals surface area contributed by atoms with E-state index in [1.54, 1.807) is 0 Å². The minimum atomic E-state index is -0.0461. The number of hydrogen-bond acceptors (Lipinski definition) is 3. The first kappa shape index (κ1) is 27.2. The number of nitrogens with one attached hydrogen (secondary N) is 1. The van der Waals surface area contributed by atoms with Gasteiger partial charge in [-0.3, -0.25) is 4.79 Å². The van der Waals surface area contributed by atoms with Crippen molar-refractivity contribution in [2.75, 3.05) is 46.8 Å². The number of piperidine rings is 1. The zero-order chi connectivity index (χ0) is 27.0. The standard InChI is InChI=1S/C34H42N4O/c1-36(2)22-14-25-38-30-20-11-10-19-29(30)32(33(38)34(39)35-21-26-37-23-12-5-13-24-37)31(27-15-6-3-7-16-27)28-17-8-4-9-18-28/h3-4,6-11,15-20,31H,5,12-14,21-26H2,1-2H3,(H,35,39). The Morgan fingerprint density at radius 1 is 0.821 bits per heavy atom. The van der Waals surface area contributed by atoms with Gasteiger partial charge in [-0.05, 0) is 70.2 Å². The molecule has 0 radical (unpaired) electrons. The number of aromatic nitrogens is 1. The number of nitrogens with zero attached hydrogens (tertiary/aromatic N) is 3. The second-order valence-electron chi connectivity index (χ2n) is 11.0. The molecule has 0 unspecified atom stereocenters. The molecule has 0 saturated carbocycles. The Hall–Kier alpha value is -3.41. The lowest BCUT2D eigenvalue weighted by molar-refractivity contribution is 0.0936. The summed E-state index contributed by atoms with van der Waals surface area (Å²) in [7, 11) is 4.21. The first-order chi connectivity index (χ1) is 19.1. The summed E-state index contributed by atoms with van der Waals surface area (Å²) in [6, 6.07) is 29.8. The van der Waals surface area contributed by atoms with Gasteiger partial charge in [0.15, 0.2) is 0 Å². The van der Waals surface area contributed by atoms with Gasteiger partial charge in [0.1, 0.15) is 5.69 Å². The van der Waals surface area contributed by atoms with Gasteiger partial charge in [0, 0.05) is 42.0 Å². The fourth-order valence-corrected chi connectivity index (χ4v) is 6.06. The van der Waals surface area contributed by atoms with Crippen molar-refractivity contribution in [1.82, 2.24) is 19.7 Å². The number of para-hydroxylation sites is 1. The fraction of sp³-hybridized carbons (Fsp3) is 0.382. The summed E-state index contributed by atoms with van der Waals surface area (Å²) in [6.07, 6.45) is 4.81. The van der Waals surface area contributed by atoms with Crippen LogP contribution in [0.5, 0.6) is 0 Å². The molecule has 1 amide bonds. The molecule has 1 aliphatic rings. The largest absolute Gasteiger partial charge is 0.349 e. The first-order valence-corrected chi connectivity index (χ1v) is 14.5. The Morgan fingerprint density at radius 2 is 1.44 bits per heavy atom. The molecule has 39 heavy (non-hydrogen) atoms. The molecule has 1 aromatic heterocycles. The van der Waals surface area contributed by atoms with E-state index in [1.807, 2.05) is 0 Å². The number of carbonyl (C=O) groups excluding carboxylic acids is 1. The SMILES string of the molecule is CN(C)CCCn1c(C(=O)NCCN2CCCCC2)c(C(c2ccccc2)c2ccccc2)c2ccccc21. The number of carbonyl (C=O) groups is 1. The maximum atomic E-state index is 14.2. The number of rotatable bonds is 11. The topological polar surface area (TPSA) is 40.5 Å². The second-order valence-corrected chi connectivity index (χ2v) is 11.0. The lowest BCUT2D eigenvalue weighted by atomic mass is 9.83. The lowest BCUT2D eigenvalue weighted by Crippen LogP contribution is -2.38. The maximum Gasteiger partial charge on any atom is 0.268 e. The molecule has 0 aliphatic carbocycles. The highest BCUT2D eigenvalue weighted by atomic mass is 16.2. The molecule has 5 nitrogen and oxygen atoms in total. The van der Waals surface area contributed by atoms with Gasteiger partial charge in [-0.2, -0.15) is 0 Å². The molecule has 0 spiro atoms. The van der Waals surface area contributed by atoms with Crippen molar-refractivity contribution >= 4 is 16.8 Å². The Morgan fingerprint density at radius 3 is 2.08 bits per heavy atom. The highest BCUT2D eigenvalue weighted by molar-refractivity contribution is 6.02. The molecule has 5 rings (SSSR count). The van der Waals surface area contributed by atoms with E-state index in [1.165, 1.54) is 30.4 Å². The molecule has 204 valence electrons. The smallest absolute Gasteiger partial charge is 0.268 e. The zero-order valence-electron chi connectivity index (χ0n) is 23.5. The van der Waals surface area contributed by atoms with E-state index < -0.39 is 0 Å². The molecule has 5 heteroatoms. The third-order valence-electron chi connectivity index (χ3n) is 7.93. The van der Waals surface area contributed by atoms with Crippen LogP contribution in [0.25, 0.3) is 10.9 Å². The molecule has 2 heterocycles. The van der Waals surface area contributed by atoms with E-state index in [-0.39, 0.29) is 11.8 Å². The van der Waals surface area contributed by atoms with E-state index in [0.717, 1.165) is 61.3 Å². The van der Waals surface area contributed by atoms with E-state index in [0.29, 0.717) is 6.54 Å². The monoisotopic (exact) mass is 522 g/mol. The van der Waals surface area contributed by atoms with Gasteiger partial charge in [0.25, 0.3) is 5.91 Å². The molecule has 1 N–H and O–H groups in total. The van der Waals surface area contributed by atoms with Gasteiger partial charge in [-0.15, -0.1) is 0 Å². The van der Waals surface area contributed by atoms with Gasteiger partial charge in [0.05, 0.1) is 0 Å². The van der Waals surface area contributed by atoms with Crippen LogP contribution in [-0.4, -0.2) is 67.1 Å². The number of amides is 1. The molecular weight excluding hydrogens is 480 g/mol. The summed E-state index contributed by atoms with van der Waals surface area (Å²) in [5.41, 5.74) is 5.42. The van der Waals surface area contributed by atoms with E-state index in [2.05, 4.69) is 119 Å². The maximum absolute atomic E-state index is 14.2. The summed E-state index contributed by atoms with van der Waals surface area (Å²) in [5.74, 6) is -0.0184. The van der Waals surface area contributed by atoms with Crippen molar-refractivity contribution in [2.45, 2.75) is 38.1 Å². The number of hydrogen-bond donors (Lipinski definition) is 1. The number of fused-ring (bicyclic) bond motifs is 1. The van der Waals surface area contributed by atoms with Gasteiger partial charge in [0.2, 0.25) is 0 Å². The predicted octanol–water partition coefficient (Wildman–Crippen LogP) is 5.99. The quantitative estimate of drug-likeness (QED) is 0.263. The Balaban J connectivity index is 1.60. The van der Waals surface area contributed by atoms with Gasteiger partial charge >= 0.3 is 0 Å². The Kier molecular flexibility index (Phi) is 9.12. The van der Waals surface area contributed by atoms with Crippen LogP contribution < -0.4 is 5.32 Å². The number of benzene rings is 3. The molecule has 0 bridgehead atoms. The van der Waals surface area contributed by atoms with E-state index >= 15 is 0 Å². The van der Waals surface area contributed by atoms with Gasteiger partial charge in [-0.1, -0.05) is 85.3 Å². The zero-order valence-corrected chi connectivity index (χ0v) is 23.5. The van der Waals surface area contributed by atoms with E-state index in [9.17, 15) is 4.79 Å². The van der Waals surface area contributed by atoms with Crippen molar-refractivity contribution in [3.63, 3.8) is 0 Å². The van der Waals surface area contributed by atoms with Crippen LogP contribution in [0.15, 0.2) is 84.9 Å². The minimum Gasteiger partial charge on any atom is -0.349 e. The Bertz CT molecular complexity index is 1300. The molecule has 0 atom stereocenters. The second kappa shape index (κ2) is 13.1. The lowest BCUT2D eigenvalue weighted by Gasteiger charge is -2.26. The molecule has 1 fully saturated rings. The fourth-order valence-electron chi connectivity index (χ4n) is 6.06. The molecular formula is C34H42N4O.